The van der Waals surface area contributed by atoms with Crippen molar-refractivity contribution in [2.24, 2.45) is 28.6 Å². The molecule has 4 aliphatic carbocycles. The van der Waals surface area contributed by atoms with Gasteiger partial charge >= 0.3 is 0 Å². The van der Waals surface area contributed by atoms with Gasteiger partial charge in [0.15, 0.2) is 18.9 Å². The minimum atomic E-state index is -1.63. The highest BCUT2D eigenvalue weighted by Crippen LogP contribution is 2.68. The first-order valence-corrected chi connectivity index (χ1v) is 20.8. The highest BCUT2D eigenvalue weighted by molar-refractivity contribution is 5.28. The summed E-state index contributed by atoms with van der Waals surface area (Å²) in [5, 5.41) is 106. The lowest BCUT2D eigenvalue weighted by Gasteiger charge is -2.61. The van der Waals surface area contributed by atoms with Crippen LogP contribution in [0.3, 0.4) is 0 Å². The van der Waals surface area contributed by atoms with Crippen LogP contribution in [0.25, 0.3) is 0 Å². The van der Waals surface area contributed by atoms with E-state index in [0.717, 1.165) is 19.3 Å². The zero-order chi connectivity index (χ0) is 41.4. The Labute approximate surface area is 333 Å². The van der Waals surface area contributed by atoms with Crippen molar-refractivity contribution in [3.63, 3.8) is 0 Å². The van der Waals surface area contributed by atoms with E-state index in [1.54, 1.807) is 6.92 Å². The van der Waals surface area contributed by atoms with Crippen LogP contribution >= 0.6 is 0 Å². The Hall–Kier alpha value is -0.940. The molecule has 0 unspecified atom stereocenters. The second-order valence-corrected chi connectivity index (χ2v) is 18.4. The van der Waals surface area contributed by atoms with Crippen LogP contribution in [0.2, 0.25) is 0 Å². The normalized spacial score (nSPS) is 54.6. The molecule has 0 radical (unpaired) electrons. The molecule has 0 aromatic rings. The Morgan fingerprint density at radius 3 is 1.96 bits per heavy atom. The standard InChI is InChI=1S/C40H66O17/c1-17(52-35-30(47)28(45)26(43)24(15-41)55-35)21-10-13-40(50)23-7-6-19-14-20(8-11-38(19,3)22(23)9-12-39(21,40)4)54-37-32(49)34(51-5)33(18(2)53-37)57-36-31(48)29(46)27(44)25(16-42)56-36/h6,17-18,20-37,41-50H,7-16H2,1-5H3/t17-,18+,20-,21+,22-,23+,24+,25+,26-,27-,28-,29-,30+,31+,32+,33-,34+,35+,36-,37-,38-,39+,40-/m0/s1. The smallest absolute Gasteiger partial charge is 0.187 e. The maximum Gasteiger partial charge on any atom is 0.187 e. The maximum atomic E-state index is 12.7. The lowest BCUT2D eigenvalue weighted by Crippen LogP contribution is -2.64. The highest BCUT2D eigenvalue weighted by atomic mass is 16.7. The van der Waals surface area contributed by atoms with Gasteiger partial charge in [0.05, 0.1) is 37.1 Å². The first-order chi connectivity index (χ1) is 26.9. The molecule has 57 heavy (non-hydrogen) atoms. The molecular formula is C40H66O17. The summed E-state index contributed by atoms with van der Waals surface area (Å²) >= 11 is 0. The van der Waals surface area contributed by atoms with Crippen molar-refractivity contribution in [1.82, 2.24) is 0 Å². The van der Waals surface area contributed by atoms with Gasteiger partial charge in [0.2, 0.25) is 0 Å². The number of aliphatic hydroxyl groups excluding tert-OH is 9. The number of methoxy groups -OCH3 is 1. The summed E-state index contributed by atoms with van der Waals surface area (Å²) in [5.74, 6) is 0.173. The number of ether oxygens (including phenoxy) is 7. The van der Waals surface area contributed by atoms with Crippen LogP contribution in [0.15, 0.2) is 11.6 Å². The Kier molecular flexibility index (Phi) is 13.0. The topological polar surface area (TPSA) is 267 Å². The molecule has 0 amide bonds. The molecule has 328 valence electrons. The third-order valence-corrected chi connectivity index (χ3v) is 15.6. The predicted molar refractivity (Wildman–Crippen MR) is 196 cm³/mol. The fraction of sp³-hybridized carbons (Fsp3) is 0.950. The average molecular weight is 819 g/mol. The first kappa shape index (κ1) is 44.1. The van der Waals surface area contributed by atoms with Crippen LogP contribution in [-0.4, -0.2) is 181 Å². The van der Waals surface area contributed by atoms with Gasteiger partial charge in [0.1, 0.15) is 67.1 Å². The van der Waals surface area contributed by atoms with E-state index in [9.17, 15) is 51.1 Å². The zero-order valence-corrected chi connectivity index (χ0v) is 33.5. The quantitative estimate of drug-likeness (QED) is 0.113. The minimum Gasteiger partial charge on any atom is -0.394 e. The maximum absolute atomic E-state index is 12.7. The molecule has 7 aliphatic rings. The van der Waals surface area contributed by atoms with E-state index in [1.165, 1.54) is 12.7 Å². The van der Waals surface area contributed by atoms with E-state index in [-0.39, 0.29) is 29.3 Å². The van der Waals surface area contributed by atoms with Crippen molar-refractivity contribution in [2.75, 3.05) is 20.3 Å². The molecule has 23 atom stereocenters. The Balaban J connectivity index is 0.990. The Morgan fingerprint density at radius 2 is 1.33 bits per heavy atom. The van der Waals surface area contributed by atoms with E-state index < -0.39 is 122 Å². The fourth-order valence-corrected chi connectivity index (χ4v) is 12.1. The Morgan fingerprint density at radius 1 is 0.719 bits per heavy atom. The molecule has 0 spiro atoms. The summed E-state index contributed by atoms with van der Waals surface area (Å²) in [6.45, 7) is 6.89. The van der Waals surface area contributed by atoms with E-state index in [4.69, 9.17) is 33.2 Å². The number of fused-ring (bicyclic) bond motifs is 5. The van der Waals surface area contributed by atoms with Crippen LogP contribution in [0.4, 0.5) is 0 Å². The van der Waals surface area contributed by atoms with Crippen LogP contribution in [0.5, 0.6) is 0 Å². The largest absolute Gasteiger partial charge is 0.394 e. The zero-order valence-electron chi connectivity index (χ0n) is 33.5. The van der Waals surface area contributed by atoms with Crippen molar-refractivity contribution >= 4 is 0 Å². The number of hydrogen-bond donors (Lipinski definition) is 10. The number of rotatable bonds is 10. The van der Waals surface area contributed by atoms with E-state index >= 15 is 0 Å². The van der Waals surface area contributed by atoms with Crippen LogP contribution in [-0.2, 0) is 33.2 Å². The molecule has 3 aliphatic heterocycles. The van der Waals surface area contributed by atoms with Gasteiger partial charge in [-0.15, -0.1) is 0 Å². The van der Waals surface area contributed by atoms with Crippen molar-refractivity contribution in [2.45, 2.75) is 189 Å². The molecule has 10 N–H and O–H groups in total. The van der Waals surface area contributed by atoms with Gasteiger partial charge in [-0.05, 0) is 88.4 Å². The summed E-state index contributed by atoms with van der Waals surface area (Å²) in [6.07, 6.45) is -11.8. The van der Waals surface area contributed by atoms with Gasteiger partial charge in [-0.25, -0.2) is 0 Å². The monoisotopic (exact) mass is 818 g/mol. The molecule has 0 aromatic heterocycles. The van der Waals surface area contributed by atoms with Crippen molar-refractivity contribution < 1.29 is 84.2 Å². The van der Waals surface area contributed by atoms with E-state index in [2.05, 4.69) is 19.9 Å². The van der Waals surface area contributed by atoms with Crippen LogP contribution in [0, 0.1) is 28.6 Å². The minimum absolute atomic E-state index is 0.0133. The number of aliphatic hydroxyl groups is 10. The average Bonchev–Trinajstić information content (AvgIpc) is 3.47. The third-order valence-electron chi connectivity index (χ3n) is 15.6. The van der Waals surface area contributed by atoms with Gasteiger partial charge in [0.25, 0.3) is 0 Å². The lowest BCUT2D eigenvalue weighted by molar-refractivity contribution is -0.361. The summed E-state index contributed by atoms with van der Waals surface area (Å²) in [7, 11) is 1.41. The van der Waals surface area contributed by atoms with Gasteiger partial charge < -0.3 is 84.2 Å². The second kappa shape index (κ2) is 16.7. The summed E-state index contributed by atoms with van der Waals surface area (Å²) in [6, 6.07) is 0. The lowest BCUT2D eigenvalue weighted by atomic mass is 9.45. The van der Waals surface area contributed by atoms with Crippen LogP contribution in [0.1, 0.15) is 79.1 Å². The number of hydrogen-bond acceptors (Lipinski definition) is 17. The summed E-state index contributed by atoms with van der Waals surface area (Å²) in [5.41, 5.74) is -0.357. The van der Waals surface area contributed by atoms with Gasteiger partial charge in [0, 0.05) is 12.5 Å². The molecule has 0 aromatic carbocycles. The SMILES string of the molecule is CO[C@@H]1[C@@H](O)[C@H](O[C@H]2CC[C@@]3(C)C(=CC[C@@H]4[C@@H]3CC[C@]3(C)[C@@H]([C@H](C)O[C@@H]5O[C@H](CO)[C@H](O)[C@H](O)[C@H]5O)CC[C@]43O)C2)O[C@H](C)[C@@H]1O[C@@H]1O[C@H](CO)[C@H](O)[C@H](O)[C@H]1O. The predicted octanol–water partition coefficient (Wildman–Crippen LogP) is -1.42. The number of allylic oxidation sites excluding steroid dienone is 1. The first-order valence-electron chi connectivity index (χ1n) is 20.8. The molecule has 17 heteroatoms. The van der Waals surface area contributed by atoms with Gasteiger partial charge in [-0.3, -0.25) is 0 Å². The van der Waals surface area contributed by atoms with E-state index in [1.807, 2.05) is 6.92 Å². The molecule has 6 fully saturated rings. The molecule has 0 bridgehead atoms. The van der Waals surface area contributed by atoms with Crippen LogP contribution < -0.4 is 0 Å². The molecule has 17 nitrogen and oxygen atoms in total. The highest BCUT2D eigenvalue weighted by Gasteiger charge is 2.67. The summed E-state index contributed by atoms with van der Waals surface area (Å²) < 4.78 is 41.7. The van der Waals surface area contributed by atoms with Crippen molar-refractivity contribution in [3.05, 3.63) is 11.6 Å². The molecule has 3 saturated carbocycles. The molecule has 7 rings (SSSR count). The fourth-order valence-electron chi connectivity index (χ4n) is 12.1. The van der Waals surface area contributed by atoms with E-state index in [0.29, 0.717) is 32.1 Å². The van der Waals surface area contributed by atoms with Crippen molar-refractivity contribution in [3.8, 4) is 0 Å². The van der Waals surface area contributed by atoms with Gasteiger partial charge in [-0.2, -0.15) is 0 Å². The second-order valence-electron chi connectivity index (χ2n) is 18.4. The third kappa shape index (κ3) is 7.37. The van der Waals surface area contributed by atoms with Crippen molar-refractivity contribution in [1.29, 1.82) is 0 Å². The Bertz CT molecular complexity index is 1420. The molecule has 3 saturated heterocycles. The van der Waals surface area contributed by atoms with Gasteiger partial charge in [-0.1, -0.05) is 25.5 Å². The molecular weight excluding hydrogens is 752 g/mol. The summed E-state index contributed by atoms with van der Waals surface area (Å²) in [4.78, 5) is 0. The molecule has 3 heterocycles.